The fraction of sp³-hybridized carbons (Fsp3) is 0.192. The van der Waals surface area contributed by atoms with Crippen LogP contribution in [0.1, 0.15) is 29.7 Å². The highest BCUT2D eigenvalue weighted by Crippen LogP contribution is 2.41. The third kappa shape index (κ3) is 4.33. The summed E-state index contributed by atoms with van der Waals surface area (Å²) in [4.78, 5) is 0. The molecule has 0 saturated heterocycles. The van der Waals surface area contributed by atoms with Gasteiger partial charge in [-0.05, 0) is 36.5 Å². The maximum absolute atomic E-state index is 15.1. The Morgan fingerprint density at radius 2 is 1.33 bits per heavy atom. The van der Waals surface area contributed by atoms with Crippen molar-refractivity contribution in [2.45, 2.75) is 32.1 Å². The number of hydrogen-bond donors (Lipinski definition) is 0. The van der Waals surface area contributed by atoms with E-state index in [1.807, 2.05) is 84.9 Å². The highest BCUT2D eigenvalue weighted by molar-refractivity contribution is 5.70. The lowest BCUT2D eigenvalue weighted by Crippen LogP contribution is -2.15. The van der Waals surface area contributed by atoms with Gasteiger partial charge >= 0.3 is 0 Å². The number of nitrogens with zero attached hydrogens (tertiary/aromatic N) is 1. The number of aromatic nitrogens is 1. The Hall–Kier alpha value is -3.27. The molecule has 0 bridgehead atoms. The van der Waals surface area contributed by atoms with E-state index in [0.29, 0.717) is 18.4 Å². The monoisotopic (exact) mass is 403 g/mol. The van der Waals surface area contributed by atoms with Crippen LogP contribution in [-0.2, 0) is 12.3 Å². The fourth-order valence-electron chi connectivity index (χ4n) is 3.73. The highest BCUT2D eigenvalue weighted by Gasteiger charge is 2.38. The molecule has 0 atom stereocenters. The van der Waals surface area contributed by atoms with Crippen LogP contribution >= 0.6 is 0 Å². The molecule has 0 radical (unpaired) electrons. The molecule has 0 N–H and O–H groups in total. The van der Waals surface area contributed by atoms with E-state index < -0.39 is 5.92 Å². The number of halogens is 2. The smallest absolute Gasteiger partial charge is 0.278 e. The minimum Gasteiger partial charge on any atom is -0.355 e. The van der Waals surface area contributed by atoms with Crippen LogP contribution in [0.2, 0.25) is 0 Å². The maximum atomic E-state index is 15.1. The van der Waals surface area contributed by atoms with Crippen LogP contribution in [0.25, 0.3) is 22.5 Å². The Morgan fingerprint density at radius 3 is 2.00 bits per heavy atom. The molecule has 0 aliphatic carbocycles. The maximum Gasteiger partial charge on any atom is 0.278 e. The molecule has 0 unspecified atom stereocenters. The minimum absolute atomic E-state index is 0.108. The summed E-state index contributed by atoms with van der Waals surface area (Å²) in [6, 6.07) is 27.1. The molecule has 0 aliphatic rings. The molecule has 0 amide bonds. The lowest BCUT2D eigenvalue weighted by molar-refractivity contribution is -0.0154. The summed E-state index contributed by atoms with van der Waals surface area (Å²) in [5, 5.41) is 3.85. The standard InChI is InChI=1S/C26H23F2NO/c1-19-24(26(27,28)18-8-11-20-9-4-2-5-10-20)25(30-29-19)23-16-14-22(15-17-23)21-12-6-3-7-13-21/h2-7,9-10,12-17H,8,11,18H2,1H3. The third-order valence-corrected chi connectivity index (χ3v) is 5.28. The van der Waals surface area contributed by atoms with Crippen molar-refractivity contribution in [1.82, 2.24) is 5.16 Å². The second kappa shape index (κ2) is 8.62. The van der Waals surface area contributed by atoms with Crippen LogP contribution in [0, 0.1) is 6.92 Å². The van der Waals surface area contributed by atoms with Gasteiger partial charge in [-0.3, -0.25) is 0 Å². The lowest BCUT2D eigenvalue weighted by atomic mass is 9.95. The number of benzene rings is 3. The molecule has 0 fully saturated rings. The van der Waals surface area contributed by atoms with Crippen LogP contribution in [0.4, 0.5) is 8.78 Å². The van der Waals surface area contributed by atoms with Gasteiger partial charge in [-0.15, -0.1) is 0 Å². The van der Waals surface area contributed by atoms with Crippen molar-refractivity contribution in [3.63, 3.8) is 0 Å². The van der Waals surface area contributed by atoms with Crippen molar-refractivity contribution in [2.24, 2.45) is 0 Å². The van der Waals surface area contributed by atoms with Gasteiger partial charge in [0.05, 0.1) is 11.3 Å². The van der Waals surface area contributed by atoms with Crippen molar-refractivity contribution < 1.29 is 13.3 Å². The van der Waals surface area contributed by atoms with E-state index in [4.69, 9.17) is 4.52 Å². The molecule has 30 heavy (non-hydrogen) atoms. The number of hydrogen-bond acceptors (Lipinski definition) is 2. The highest BCUT2D eigenvalue weighted by atomic mass is 19.3. The Bertz CT molecular complexity index is 1090. The van der Waals surface area contributed by atoms with Gasteiger partial charge in [-0.2, -0.15) is 0 Å². The topological polar surface area (TPSA) is 26.0 Å². The average Bonchev–Trinajstić information content (AvgIpc) is 3.17. The molecule has 1 aromatic heterocycles. The van der Waals surface area contributed by atoms with E-state index >= 15 is 8.78 Å². The number of aryl methyl sites for hydroxylation is 2. The molecule has 0 aliphatic heterocycles. The number of alkyl halides is 2. The van der Waals surface area contributed by atoms with Crippen LogP contribution in [0.5, 0.6) is 0 Å². The molecular formula is C26H23F2NO. The Labute approximate surface area is 175 Å². The second-order valence-corrected chi connectivity index (χ2v) is 7.46. The summed E-state index contributed by atoms with van der Waals surface area (Å²) in [6.45, 7) is 1.58. The average molecular weight is 403 g/mol. The van der Waals surface area contributed by atoms with Crippen molar-refractivity contribution >= 4 is 0 Å². The first-order chi connectivity index (χ1) is 14.5. The molecule has 4 aromatic rings. The van der Waals surface area contributed by atoms with E-state index in [-0.39, 0.29) is 23.4 Å². The van der Waals surface area contributed by atoms with Crippen LogP contribution in [0.3, 0.4) is 0 Å². The molecule has 152 valence electrons. The van der Waals surface area contributed by atoms with E-state index in [1.165, 1.54) is 0 Å². The molecule has 0 spiro atoms. The van der Waals surface area contributed by atoms with Crippen molar-refractivity contribution in [3.8, 4) is 22.5 Å². The van der Waals surface area contributed by atoms with Gasteiger partial charge in [0, 0.05) is 12.0 Å². The zero-order chi connectivity index (χ0) is 21.0. The van der Waals surface area contributed by atoms with Crippen LogP contribution < -0.4 is 0 Å². The fourth-order valence-corrected chi connectivity index (χ4v) is 3.73. The van der Waals surface area contributed by atoms with Gasteiger partial charge in [0.1, 0.15) is 0 Å². The van der Waals surface area contributed by atoms with Crippen LogP contribution in [-0.4, -0.2) is 5.16 Å². The Morgan fingerprint density at radius 1 is 0.767 bits per heavy atom. The van der Waals surface area contributed by atoms with Crippen molar-refractivity contribution in [1.29, 1.82) is 0 Å². The molecule has 2 nitrogen and oxygen atoms in total. The number of rotatable bonds is 7. The largest absolute Gasteiger partial charge is 0.355 e. The van der Waals surface area contributed by atoms with E-state index in [9.17, 15) is 0 Å². The summed E-state index contributed by atoms with van der Waals surface area (Å²) >= 11 is 0. The van der Waals surface area contributed by atoms with Crippen molar-refractivity contribution in [2.75, 3.05) is 0 Å². The lowest BCUT2D eigenvalue weighted by Gasteiger charge is -2.17. The quantitative estimate of drug-likeness (QED) is 0.321. The van der Waals surface area contributed by atoms with Gasteiger partial charge in [0.15, 0.2) is 5.76 Å². The summed E-state index contributed by atoms with van der Waals surface area (Å²) in [7, 11) is 0. The van der Waals surface area contributed by atoms with E-state index in [0.717, 1.165) is 16.7 Å². The molecule has 1 heterocycles. The summed E-state index contributed by atoms with van der Waals surface area (Å²) in [5.41, 5.74) is 3.89. The minimum atomic E-state index is -3.01. The SMILES string of the molecule is Cc1noc(-c2ccc(-c3ccccc3)cc2)c1C(F)(F)CCCc1ccccc1. The second-order valence-electron chi connectivity index (χ2n) is 7.46. The third-order valence-electron chi connectivity index (χ3n) is 5.28. The molecule has 0 saturated carbocycles. The van der Waals surface area contributed by atoms with Crippen molar-refractivity contribution in [3.05, 3.63) is 102 Å². The molecular weight excluding hydrogens is 380 g/mol. The first kappa shape index (κ1) is 20.0. The Kier molecular flexibility index (Phi) is 5.75. The predicted octanol–water partition coefficient (Wildman–Crippen LogP) is 7.43. The molecule has 4 rings (SSSR count). The molecule has 4 heteroatoms. The predicted molar refractivity (Wildman–Crippen MR) is 115 cm³/mol. The van der Waals surface area contributed by atoms with Gasteiger partial charge < -0.3 is 4.52 Å². The summed E-state index contributed by atoms with van der Waals surface area (Å²) in [5.74, 6) is -2.86. The zero-order valence-electron chi connectivity index (χ0n) is 16.8. The first-order valence-electron chi connectivity index (χ1n) is 10.1. The van der Waals surface area contributed by atoms with Gasteiger partial charge in [-0.1, -0.05) is 90.1 Å². The normalized spacial score (nSPS) is 11.6. The zero-order valence-corrected chi connectivity index (χ0v) is 16.8. The van der Waals surface area contributed by atoms with E-state index in [1.54, 1.807) is 6.92 Å². The Balaban J connectivity index is 1.54. The first-order valence-corrected chi connectivity index (χ1v) is 10.1. The van der Waals surface area contributed by atoms with Gasteiger partial charge in [0.2, 0.25) is 0 Å². The summed E-state index contributed by atoms with van der Waals surface area (Å²) in [6.07, 6.45) is 0.745. The van der Waals surface area contributed by atoms with E-state index in [2.05, 4.69) is 5.16 Å². The van der Waals surface area contributed by atoms with Crippen LogP contribution in [0.15, 0.2) is 89.5 Å². The van der Waals surface area contributed by atoms with Gasteiger partial charge in [-0.25, -0.2) is 8.78 Å². The molecule has 3 aromatic carbocycles. The summed E-state index contributed by atoms with van der Waals surface area (Å²) < 4.78 is 35.6. The van der Waals surface area contributed by atoms with Gasteiger partial charge in [0.25, 0.3) is 5.92 Å².